The highest BCUT2D eigenvalue weighted by Crippen LogP contribution is 2.27. The van der Waals surface area contributed by atoms with Crippen LogP contribution in [0.15, 0.2) is 12.1 Å². The Kier molecular flexibility index (Phi) is 3.64. The van der Waals surface area contributed by atoms with E-state index in [0.29, 0.717) is 17.8 Å². The molecule has 2 rings (SSSR count). The van der Waals surface area contributed by atoms with Crippen LogP contribution in [-0.2, 0) is 0 Å². The fourth-order valence-corrected chi connectivity index (χ4v) is 2.42. The van der Waals surface area contributed by atoms with E-state index in [2.05, 4.69) is 17.2 Å². The Morgan fingerprint density at radius 1 is 1.44 bits per heavy atom. The predicted octanol–water partition coefficient (Wildman–Crippen LogP) is 2.56. The Hall–Kier alpha value is -1.85. The summed E-state index contributed by atoms with van der Waals surface area (Å²) in [5.41, 5.74) is 5.43. The Morgan fingerprint density at radius 3 is 2.78 bits per heavy atom. The molecular formula is C12H18N4O2. The van der Waals surface area contributed by atoms with E-state index in [1.165, 1.54) is 25.3 Å². The van der Waals surface area contributed by atoms with E-state index in [1.54, 1.807) is 6.07 Å². The minimum absolute atomic E-state index is 0.0338. The van der Waals surface area contributed by atoms with Crippen LogP contribution in [0.3, 0.4) is 0 Å². The standard InChI is InChI=1S/C12H18N4O2/c1-8-4-2-3-5-9(8)14-11-7-6-10(16(17)18)12(13)15-11/h6-9H,2-5H2,1H3,(H3,13,14,15). The van der Waals surface area contributed by atoms with Gasteiger partial charge in [-0.2, -0.15) is 0 Å². The van der Waals surface area contributed by atoms with Crippen molar-refractivity contribution in [2.45, 2.75) is 38.6 Å². The lowest BCUT2D eigenvalue weighted by molar-refractivity contribution is -0.384. The van der Waals surface area contributed by atoms with Crippen LogP contribution >= 0.6 is 0 Å². The first-order chi connectivity index (χ1) is 8.58. The molecule has 3 N–H and O–H groups in total. The minimum Gasteiger partial charge on any atom is -0.378 e. The number of pyridine rings is 1. The molecule has 0 aromatic carbocycles. The maximum absolute atomic E-state index is 10.6. The molecule has 2 atom stereocenters. The van der Waals surface area contributed by atoms with Crippen molar-refractivity contribution in [3.05, 3.63) is 22.2 Å². The van der Waals surface area contributed by atoms with E-state index in [9.17, 15) is 10.1 Å². The second-order valence-electron chi connectivity index (χ2n) is 4.87. The zero-order valence-electron chi connectivity index (χ0n) is 10.4. The van der Waals surface area contributed by atoms with E-state index < -0.39 is 4.92 Å². The number of rotatable bonds is 3. The number of nitrogens with zero attached hydrogens (tertiary/aromatic N) is 2. The van der Waals surface area contributed by atoms with Crippen LogP contribution < -0.4 is 11.1 Å². The third-order valence-corrected chi connectivity index (χ3v) is 3.54. The summed E-state index contributed by atoms with van der Waals surface area (Å²) in [6, 6.07) is 3.40. The molecule has 0 amide bonds. The van der Waals surface area contributed by atoms with E-state index >= 15 is 0 Å². The molecule has 0 radical (unpaired) electrons. The zero-order chi connectivity index (χ0) is 13.1. The minimum atomic E-state index is -0.519. The maximum atomic E-state index is 10.6. The number of anilines is 2. The highest BCUT2D eigenvalue weighted by Gasteiger charge is 2.22. The number of nitrogens with one attached hydrogen (secondary N) is 1. The van der Waals surface area contributed by atoms with E-state index in [0.717, 1.165) is 6.42 Å². The molecular weight excluding hydrogens is 232 g/mol. The van der Waals surface area contributed by atoms with E-state index in [-0.39, 0.29) is 11.5 Å². The fraction of sp³-hybridized carbons (Fsp3) is 0.583. The number of aromatic nitrogens is 1. The summed E-state index contributed by atoms with van der Waals surface area (Å²) in [6.45, 7) is 2.21. The zero-order valence-corrected chi connectivity index (χ0v) is 10.4. The third-order valence-electron chi connectivity index (χ3n) is 3.54. The quantitative estimate of drug-likeness (QED) is 0.635. The molecule has 6 heteroatoms. The van der Waals surface area contributed by atoms with Crippen LogP contribution in [0, 0.1) is 16.0 Å². The first-order valence-corrected chi connectivity index (χ1v) is 6.25. The topological polar surface area (TPSA) is 94.1 Å². The lowest BCUT2D eigenvalue weighted by Crippen LogP contribution is -2.30. The Labute approximate surface area is 106 Å². The van der Waals surface area contributed by atoms with Crippen LogP contribution in [0.4, 0.5) is 17.3 Å². The van der Waals surface area contributed by atoms with Gasteiger partial charge in [-0.15, -0.1) is 0 Å². The molecule has 0 aliphatic heterocycles. The molecule has 98 valence electrons. The number of hydrogen-bond donors (Lipinski definition) is 2. The molecule has 1 heterocycles. The second kappa shape index (κ2) is 5.20. The Bertz CT molecular complexity index is 450. The van der Waals surface area contributed by atoms with Gasteiger partial charge < -0.3 is 11.1 Å². The first kappa shape index (κ1) is 12.6. The Morgan fingerprint density at radius 2 is 2.17 bits per heavy atom. The van der Waals surface area contributed by atoms with Gasteiger partial charge >= 0.3 is 5.69 Å². The summed E-state index contributed by atoms with van der Waals surface area (Å²) < 4.78 is 0. The van der Waals surface area contributed by atoms with Crippen LogP contribution in [0.2, 0.25) is 0 Å². The van der Waals surface area contributed by atoms with Crippen molar-refractivity contribution in [3.8, 4) is 0 Å². The van der Waals surface area contributed by atoms with Gasteiger partial charge in [0.1, 0.15) is 5.82 Å². The highest BCUT2D eigenvalue weighted by molar-refractivity contribution is 5.57. The number of nitrogen functional groups attached to an aromatic ring is 1. The molecule has 0 bridgehead atoms. The number of hydrogen-bond acceptors (Lipinski definition) is 5. The molecule has 1 fully saturated rings. The summed E-state index contributed by atoms with van der Waals surface area (Å²) in [5, 5.41) is 14.0. The van der Waals surface area contributed by atoms with Crippen molar-refractivity contribution in [2.75, 3.05) is 11.1 Å². The third kappa shape index (κ3) is 2.69. The summed E-state index contributed by atoms with van der Waals surface area (Å²) in [5.74, 6) is 1.18. The van der Waals surface area contributed by atoms with Gasteiger partial charge in [0.15, 0.2) is 0 Å². The molecule has 1 aromatic rings. The van der Waals surface area contributed by atoms with Crippen LogP contribution in [0.1, 0.15) is 32.6 Å². The average molecular weight is 250 g/mol. The van der Waals surface area contributed by atoms with Gasteiger partial charge in [-0.1, -0.05) is 19.8 Å². The van der Waals surface area contributed by atoms with Gasteiger partial charge in [0, 0.05) is 12.1 Å². The van der Waals surface area contributed by atoms with Crippen molar-refractivity contribution >= 4 is 17.3 Å². The smallest absolute Gasteiger partial charge is 0.311 e. The van der Waals surface area contributed by atoms with Crippen molar-refractivity contribution in [3.63, 3.8) is 0 Å². The van der Waals surface area contributed by atoms with Crippen molar-refractivity contribution < 1.29 is 4.92 Å². The molecule has 0 saturated heterocycles. The molecule has 1 aliphatic rings. The summed E-state index contributed by atoms with van der Waals surface area (Å²) in [6.07, 6.45) is 4.81. The second-order valence-corrected chi connectivity index (χ2v) is 4.87. The molecule has 1 saturated carbocycles. The van der Waals surface area contributed by atoms with Crippen LogP contribution in [0.25, 0.3) is 0 Å². The lowest BCUT2D eigenvalue weighted by Gasteiger charge is -2.29. The van der Waals surface area contributed by atoms with Crippen LogP contribution in [-0.4, -0.2) is 15.9 Å². The number of nitrogens with two attached hydrogens (primary N) is 1. The summed E-state index contributed by atoms with van der Waals surface area (Å²) >= 11 is 0. The normalized spacial score (nSPS) is 23.6. The summed E-state index contributed by atoms with van der Waals surface area (Å²) in [7, 11) is 0. The van der Waals surface area contributed by atoms with Crippen molar-refractivity contribution in [1.29, 1.82) is 0 Å². The van der Waals surface area contributed by atoms with Gasteiger partial charge in [-0.3, -0.25) is 10.1 Å². The fourth-order valence-electron chi connectivity index (χ4n) is 2.42. The number of nitro groups is 1. The van der Waals surface area contributed by atoms with E-state index in [1.807, 2.05) is 0 Å². The maximum Gasteiger partial charge on any atom is 0.311 e. The van der Waals surface area contributed by atoms with Gasteiger partial charge in [0.05, 0.1) is 4.92 Å². The van der Waals surface area contributed by atoms with Crippen LogP contribution in [0.5, 0.6) is 0 Å². The summed E-state index contributed by atoms with van der Waals surface area (Å²) in [4.78, 5) is 14.2. The average Bonchev–Trinajstić information content (AvgIpc) is 2.32. The van der Waals surface area contributed by atoms with Gasteiger partial charge in [-0.05, 0) is 24.8 Å². The highest BCUT2D eigenvalue weighted by atomic mass is 16.6. The van der Waals surface area contributed by atoms with E-state index in [4.69, 9.17) is 5.73 Å². The largest absolute Gasteiger partial charge is 0.378 e. The van der Waals surface area contributed by atoms with Crippen molar-refractivity contribution in [1.82, 2.24) is 4.98 Å². The monoisotopic (exact) mass is 250 g/mol. The van der Waals surface area contributed by atoms with Crippen molar-refractivity contribution in [2.24, 2.45) is 5.92 Å². The predicted molar refractivity (Wildman–Crippen MR) is 70.3 cm³/mol. The molecule has 0 spiro atoms. The molecule has 18 heavy (non-hydrogen) atoms. The lowest BCUT2D eigenvalue weighted by atomic mass is 9.86. The molecule has 1 aromatic heterocycles. The molecule has 2 unspecified atom stereocenters. The van der Waals surface area contributed by atoms with Gasteiger partial charge in [0.25, 0.3) is 0 Å². The van der Waals surface area contributed by atoms with Gasteiger partial charge in [-0.25, -0.2) is 4.98 Å². The molecule has 1 aliphatic carbocycles. The SMILES string of the molecule is CC1CCCCC1Nc1ccc([N+](=O)[O-])c(N)n1. The Balaban J connectivity index is 2.10. The van der Waals surface area contributed by atoms with Gasteiger partial charge in [0.2, 0.25) is 5.82 Å². The first-order valence-electron chi connectivity index (χ1n) is 6.25. The molecule has 6 nitrogen and oxygen atoms in total.